The van der Waals surface area contributed by atoms with Gasteiger partial charge in [0.25, 0.3) is 0 Å². The number of rotatable bonds is 10. The van der Waals surface area contributed by atoms with Gasteiger partial charge >= 0.3 is 0 Å². The number of ether oxygens (including phenoxy) is 5. The fraction of sp³-hybridized carbons (Fsp3) is 0.261. The van der Waals surface area contributed by atoms with Crippen LogP contribution in [0, 0.1) is 0 Å². The van der Waals surface area contributed by atoms with Crippen molar-refractivity contribution < 1.29 is 28.9 Å². The van der Waals surface area contributed by atoms with E-state index in [-0.39, 0.29) is 20.0 Å². The third kappa shape index (κ3) is 5.02. The Morgan fingerprint density at radius 3 is 2.42 bits per heavy atom. The molecule has 164 valence electrons. The van der Waals surface area contributed by atoms with Crippen molar-refractivity contribution in [1.82, 2.24) is 0 Å². The highest BCUT2D eigenvalue weighted by Crippen LogP contribution is 2.46. The second-order valence-electron chi connectivity index (χ2n) is 6.57. The van der Waals surface area contributed by atoms with Crippen molar-refractivity contribution in [2.45, 2.75) is 13.2 Å². The predicted octanol–water partition coefficient (Wildman–Crippen LogP) is 5.02. The maximum Gasteiger partial charge on any atom is 0.149 e. The van der Waals surface area contributed by atoms with Crippen LogP contribution in [0.2, 0.25) is 5.02 Å². The summed E-state index contributed by atoms with van der Waals surface area (Å²) >= 11 is 6.46. The number of methoxy groups -OCH3 is 3. The first-order valence-electron chi connectivity index (χ1n) is 9.45. The number of halogens is 1. The summed E-state index contributed by atoms with van der Waals surface area (Å²) in [4.78, 5) is 0. The van der Waals surface area contributed by atoms with E-state index in [0.29, 0.717) is 38.8 Å². The molecule has 0 heterocycles. The van der Waals surface area contributed by atoms with E-state index in [1.165, 1.54) is 13.3 Å². The molecule has 8 heteroatoms. The summed E-state index contributed by atoms with van der Waals surface area (Å²) in [6, 6.07) is 13.3. The largest absolute Gasteiger partial charge is 0.496 e. The van der Waals surface area contributed by atoms with E-state index in [2.05, 4.69) is 5.16 Å². The first kappa shape index (κ1) is 22.7. The Kier molecular flexibility index (Phi) is 7.94. The van der Waals surface area contributed by atoms with Crippen LogP contribution in [0.5, 0.6) is 17.2 Å². The Balaban J connectivity index is 2.26. The highest BCUT2D eigenvalue weighted by Gasteiger charge is 2.22. The molecule has 3 aromatic rings. The van der Waals surface area contributed by atoms with Crippen molar-refractivity contribution in [2.24, 2.45) is 5.16 Å². The monoisotopic (exact) mass is 445 g/mol. The molecule has 3 rings (SSSR count). The molecule has 0 saturated carbocycles. The summed E-state index contributed by atoms with van der Waals surface area (Å²) in [6.07, 6.45) is 1.30. The van der Waals surface area contributed by atoms with Gasteiger partial charge in [-0.2, -0.15) is 0 Å². The van der Waals surface area contributed by atoms with E-state index in [1.54, 1.807) is 20.3 Å². The summed E-state index contributed by atoms with van der Waals surface area (Å²) in [5.74, 6) is 1.41. The first-order valence-corrected chi connectivity index (χ1v) is 9.83. The second kappa shape index (κ2) is 10.9. The Hall–Kier alpha value is -3.00. The number of hydrogen-bond donors (Lipinski definition) is 1. The maximum atomic E-state index is 9.35. The predicted molar refractivity (Wildman–Crippen MR) is 119 cm³/mol. The molecule has 0 saturated heterocycles. The Labute approximate surface area is 185 Å². The lowest BCUT2D eigenvalue weighted by molar-refractivity contribution is -0.0391. The Bertz CT molecular complexity index is 1060. The summed E-state index contributed by atoms with van der Waals surface area (Å²) in [5, 5.41) is 14.3. The fourth-order valence-corrected chi connectivity index (χ4v) is 3.60. The van der Waals surface area contributed by atoms with Gasteiger partial charge in [0.15, 0.2) is 0 Å². The third-order valence-electron chi connectivity index (χ3n) is 4.67. The summed E-state index contributed by atoms with van der Waals surface area (Å²) in [7, 11) is 4.64. The van der Waals surface area contributed by atoms with Crippen LogP contribution in [0.25, 0.3) is 10.8 Å². The van der Waals surface area contributed by atoms with Crippen LogP contribution in [0.4, 0.5) is 0 Å². The van der Waals surface area contributed by atoms with Gasteiger partial charge in [-0.25, -0.2) is 0 Å². The zero-order valence-electron chi connectivity index (χ0n) is 17.6. The van der Waals surface area contributed by atoms with Crippen LogP contribution in [0.3, 0.4) is 0 Å². The molecule has 0 amide bonds. The molecule has 0 aliphatic carbocycles. The number of hydrogen-bond acceptors (Lipinski definition) is 7. The molecule has 0 aromatic heterocycles. The van der Waals surface area contributed by atoms with E-state index in [0.717, 1.165) is 10.9 Å². The molecule has 31 heavy (non-hydrogen) atoms. The topological polar surface area (TPSA) is 78.7 Å². The lowest BCUT2D eigenvalue weighted by Crippen LogP contribution is -2.06. The van der Waals surface area contributed by atoms with Crippen LogP contribution in [0.1, 0.15) is 16.7 Å². The SMILES string of the molecule is COCOCc1cc2c(OC)cc(Cl)c(OC)c2c(OCc2ccccc2)c1/C=N/O. The van der Waals surface area contributed by atoms with Gasteiger partial charge in [0, 0.05) is 24.1 Å². The maximum absolute atomic E-state index is 9.35. The highest BCUT2D eigenvalue weighted by atomic mass is 35.5. The van der Waals surface area contributed by atoms with E-state index in [4.69, 9.17) is 35.3 Å². The summed E-state index contributed by atoms with van der Waals surface area (Å²) in [6.45, 7) is 0.582. The minimum atomic E-state index is 0.106. The number of benzene rings is 3. The lowest BCUT2D eigenvalue weighted by Gasteiger charge is -2.20. The van der Waals surface area contributed by atoms with Gasteiger partial charge in [-0.15, -0.1) is 0 Å². The van der Waals surface area contributed by atoms with Crippen molar-refractivity contribution in [3.63, 3.8) is 0 Å². The standard InChI is InChI=1S/C23H24ClNO6/c1-27-14-30-13-16-9-17-20(28-2)10-19(24)23(29-3)21(17)22(18(16)11-25-26)31-12-15-7-5-4-6-8-15/h4-11,26H,12-14H2,1-3H3/b25-11+. The van der Waals surface area contributed by atoms with E-state index < -0.39 is 0 Å². The smallest absolute Gasteiger partial charge is 0.149 e. The third-order valence-corrected chi connectivity index (χ3v) is 4.95. The van der Waals surface area contributed by atoms with Crippen molar-refractivity contribution in [3.8, 4) is 17.2 Å². The van der Waals surface area contributed by atoms with E-state index in [1.807, 2.05) is 36.4 Å². The van der Waals surface area contributed by atoms with Gasteiger partial charge in [0.2, 0.25) is 0 Å². The Morgan fingerprint density at radius 2 is 1.77 bits per heavy atom. The second-order valence-corrected chi connectivity index (χ2v) is 6.98. The Morgan fingerprint density at radius 1 is 1.00 bits per heavy atom. The molecule has 7 nitrogen and oxygen atoms in total. The van der Waals surface area contributed by atoms with Crippen molar-refractivity contribution in [1.29, 1.82) is 0 Å². The molecule has 0 bridgehead atoms. The molecule has 0 fully saturated rings. The summed E-state index contributed by atoms with van der Waals surface area (Å²) in [5.41, 5.74) is 2.22. The molecule has 0 radical (unpaired) electrons. The zero-order valence-corrected chi connectivity index (χ0v) is 18.3. The average Bonchev–Trinajstić information content (AvgIpc) is 2.79. The molecule has 0 unspecified atom stereocenters. The van der Waals surface area contributed by atoms with Gasteiger partial charge in [-0.1, -0.05) is 47.1 Å². The van der Waals surface area contributed by atoms with Crippen LogP contribution in [-0.2, 0) is 22.7 Å². The lowest BCUT2D eigenvalue weighted by atomic mass is 9.98. The van der Waals surface area contributed by atoms with Gasteiger partial charge < -0.3 is 28.9 Å². The molecule has 1 N–H and O–H groups in total. The molecular formula is C23H24ClNO6. The zero-order chi connectivity index (χ0) is 22.2. The van der Waals surface area contributed by atoms with Crippen LogP contribution in [0.15, 0.2) is 47.6 Å². The van der Waals surface area contributed by atoms with Gasteiger partial charge in [0.05, 0.1) is 37.4 Å². The number of oxime groups is 1. The number of fused-ring (bicyclic) bond motifs is 1. The highest BCUT2D eigenvalue weighted by molar-refractivity contribution is 6.34. The van der Waals surface area contributed by atoms with Gasteiger partial charge in [-0.3, -0.25) is 0 Å². The molecule has 3 aromatic carbocycles. The molecule has 0 aliphatic heterocycles. The van der Waals surface area contributed by atoms with E-state index >= 15 is 0 Å². The number of nitrogens with zero attached hydrogens (tertiary/aromatic N) is 1. The first-order chi connectivity index (χ1) is 15.1. The fourth-order valence-electron chi connectivity index (χ4n) is 3.33. The van der Waals surface area contributed by atoms with Gasteiger partial charge in [0.1, 0.15) is 30.6 Å². The molecule has 0 atom stereocenters. The van der Waals surface area contributed by atoms with Crippen LogP contribution in [-0.4, -0.2) is 39.5 Å². The molecule has 0 spiro atoms. The minimum absolute atomic E-state index is 0.106. The van der Waals surface area contributed by atoms with Crippen LogP contribution >= 0.6 is 11.6 Å². The summed E-state index contributed by atoms with van der Waals surface area (Å²) < 4.78 is 27.9. The average molecular weight is 446 g/mol. The van der Waals surface area contributed by atoms with E-state index in [9.17, 15) is 5.21 Å². The van der Waals surface area contributed by atoms with Crippen LogP contribution < -0.4 is 14.2 Å². The van der Waals surface area contributed by atoms with Crippen molar-refractivity contribution in [2.75, 3.05) is 28.1 Å². The minimum Gasteiger partial charge on any atom is -0.496 e. The molecular weight excluding hydrogens is 422 g/mol. The van der Waals surface area contributed by atoms with Gasteiger partial charge in [-0.05, 0) is 17.2 Å². The van der Waals surface area contributed by atoms with Crippen molar-refractivity contribution in [3.05, 3.63) is 64.2 Å². The normalized spacial score (nSPS) is 11.2. The van der Waals surface area contributed by atoms with Crippen molar-refractivity contribution >= 4 is 28.6 Å². The quantitative estimate of drug-likeness (QED) is 0.155. The molecule has 0 aliphatic rings.